The van der Waals surface area contributed by atoms with Crippen LogP contribution >= 0.6 is 7.60 Å². The lowest BCUT2D eigenvalue weighted by Crippen LogP contribution is -2.14. The van der Waals surface area contributed by atoms with Crippen molar-refractivity contribution < 1.29 is 27.6 Å². The summed E-state index contributed by atoms with van der Waals surface area (Å²) in [4.78, 5) is 29.0. The summed E-state index contributed by atoms with van der Waals surface area (Å²) in [5.74, 6) is -0.491. The van der Waals surface area contributed by atoms with Gasteiger partial charge in [-0.3, -0.25) is 9.36 Å². The molecule has 0 saturated heterocycles. The molecule has 112 valence electrons. The van der Waals surface area contributed by atoms with Crippen LogP contribution in [0.15, 0.2) is 29.2 Å². The first-order valence-electron chi connectivity index (χ1n) is 5.73. The van der Waals surface area contributed by atoms with Crippen LogP contribution in [0.1, 0.15) is 12.8 Å². The Morgan fingerprint density at radius 2 is 1.90 bits per heavy atom. The molecule has 0 aromatic heterocycles. The highest BCUT2D eigenvalue weighted by Crippen LogP contribution is 2.35. The van der Waals surface area contributed by atoms with E-state index in [1.165, 1.54) is 12.1 Å². The Hall–Kier alpha value is -1.21. The van der Waals surface area contributed by atoms with E-state index in [9.17, 15) is 17.8 Å². The number of amides is 1. The highest BCUT2D eigenvalue weighted by Gasteiger charge is 2.16. The molecule has 0 bridgehead atoms. The second kappa shape index (κ2) is 6.49. The first-order valence-corrected chi connectivity index (χ1v) is 9.42. The van der Waals surface area contributed by atoms with Crippen molar-refractivity contribution >= 4 is 29.0 Å². The zero-order chi connectivity index (χ0) is 15.4. The largest absolute Gasteiger partial charge is 0.325 e. The van der Waals surface area contributed by atoms with Gasteiger partial charge >= 0.3 is 7.60 Å². The molecule has 9 heteroatoms. The van der Waals surface area contributed by atoms with Crippen LogP contribution in [0, 0.1) is 0 Å². The molecule has 1 amide bonds. The molecule has 0 atom stereocenters. The summed E-state index contributed by atoms with van der Waals surface area (Å²) in [6, 6.07) is 5.96. The third-order valence-electron chi connectivity index (χ3n) is 2.41. The van der Waals surface area contributed by atoms with E-state index in [4.69, 9.17) is 9.79 Å². The van der Waals surface area contributed by atoms with Crippen molar-refractivity contribution in [2.75, 3.05) is 17.7 Å². The topological polar surface area (TPSA) is 121 Å². The van der Waals surface area contributed by atoms with E-state index in [1.807, 2.05) is 0 Å². The fourth-order valence-corrected chi connectivity index (χ4v) is 2.97. The summed E-state index contributed by atoms with van der Waals surface area (Å²) in [6.07, 6.45) is 0.584. The molecule has 3 N–H and O–H groups in total. The van der Waals surface area contributed by atoms with Gasteiger partial charge < -0.3 is 15.1 Å². The van der Waals surface area contributed by atoms with Crippen molar-refractivity contribution in [3.05, 3.63) is 24.3 Å². The normalized spacial score (nSPS) is 12.2. The number of hydrogen-bond donors (Lipinski definition) is 3. The van der Waals surface area contributed by atoms with Gasteiger partial charge in [0.2, 0.25) is 5.91 Å². The van der Waals surface area contributed by atoms with Crippen LogP contribution in [0.2, 0.25) is 0 Å². The number of carbonyl (C=O) groups is 1. The third-order valence-corrected chi connectivity index (χ3v) is 4.47. The van der Waals surface area contributed by atoms with Crippen molar-refractivity contribution in [1.29, 1.82) is 0 Å². The van der Waals surface area contributed by atoms with Gasteiger partial charge in [0.15, 0.2) is 9.84 Å². The van der Waals surface area contributed by atoms with Gasteiger partial charge in [0, 0.05) is 12.7 Å². The Morgan fingerprint density at radius 1 is 1.30 bits per heavy atom. The van der Waals surface area contributed by atoms with Crippen molar-refractivity contribution in [3.63, 3.8) is 0 Å². The maximum atomic E-state index is 11.6. The van der Waals surface area contributed by atoms with Crippen LogP contribution in [0.25, 0.3) is 0 Å². The lowest BCUT2D eigenvalue weighted by molar-refractivity contribution is -0.116. The number of hydrogen-bond acceptors (Lipinski definition) is 4. The summed E-state index contributed by atoms with van der Waals surface area (Å²) < 4.78 is 33.7. The minimum Gasteiger partial charge on any atom is -0.325 e. The summed E-state index contributed by atoms with van der Waals surface area (Å²) in [6.45, 7) is 0. The van der Waals surface area contributed by atoms with E-state index in [0.29, 0.717) is 0 Å². The van der Waals surface area contributed by atoms with Gasteiger partial charge in [0.1, 0.15) is 0 Å². The zero-order valence-corrected chi connectivity index (χ0v) is 12.5. The second-order valence-electron chi connectivity index (χ2n) is 4.31. The SMILES string of the molecule is CS(=O)(=O)c1ccccc1NC(=O)CCCP(=O)(O)O. The quantitative estimate of drug-likeness (QED) is 0.672. The molecule has 1 aromatic carbocycles. The van der Waals surface area contributed by atoms with Crippen LogP contribution in [0.5, 0.6) is 0 Å². The van der Waals surface area contributed by atoms with Crippen LogP contribution < -0.4 is 5.32 Å². The molecule has 7 nitrogen and oxygen atoms in total. The lowest BCUT2D eigenvalue weighted by Gasteiger charge is -2.09. The Kier molecular flexibility index (Phi) is 5.47. The number of sulfone groups is 1. The third kappa shape index (κ3) is 5.83. The van der Waals surface area contributed by atoms with E-state index in [0.717, 1.165) is 6.26 Å². The van der Waals surface area contributed by atoms with Gasteiger partial charge in [-0.1, -0.05) is 12.1 Å². The van der Waals surface area contributed by atoms with Gasteiger partial charge in [-0.15, -0.1) is 0 Å². The van der Waals surface area contributed by atoms with Crippen molar-refractivity contribution in [2.45, 2.75) is 17.7 Å². The average molecular weight is 321 g/mol. The molecule has 0 unspecified atom stereocenters. The Balaban J connectivity index is 2.70. The number of carbonyl (C=O) groups excluding carboxylic acids is 1. The molecular weight excluding hydrogens is 305 g/mol. The van der Waals surface area contributed by atoms with Crippen molar-refractivity contribution in [1.82, 2.24) is 0 Å². The molecule has 0 fully saturated rings. The van der Waals surface area contributed by atoms with Crippen LogP contribution in [0.3, 0.4) is 0 Å². The number of rotatable bonds is 6. The lowest BCUT2D eigenvalue weighted by atomic mass is 10.3. The standard InChI is InChI=1S/C11H16NO6PS/c1-20(17,18)10-6-3-2-5-9(10)12-11(13)7-4-8-19(14,15)16/h2-3,5-6H,4,7-8H2,1H3,(H,12,13)(H2,14,15,16). The van der Waals surface area contributed by atoms with Crippen LogP contribution in [-0.2, 0) is 19.2 Å². The molecule has 0 radical (unpaired) electrons. The number of anilines is 1. The Labute approximate surface area is 117 Å². The summed E-state index contributed by atoms with van der Waals surface area (Å²) in [5, 5.41) is 2.43. The second-order valence-corrected chi connectivity index (χ2v) is 8.07. The van der Waals surface area contributed by atoms with E-state index in [-0.39, 0.29) is 29.6 Å². The first kappa shape index (κ1) is 16.8. The van der Waals surface area contributed by atoms with E-state index >= 15 is 0 Å². The number of para-hydroxylation sites is 1. The fourth-order valence-electron chi connectivity index (χ4n) is 1.55. The highest BCUT2D eigenvalue weighted by molar-refractivity contribution is 7.90. The molecular formula is C11H16NO6PS. The minimum atomic E-state index is -4.12. The highest BCUT2D eigenvalue weighted by atomic mass is 32.2. The summed E-state index contributed by atoms with van der Waals surface area (Å²) in [5.41, 5.74) is 0.163. The van der Waals surface area contributed by atoms with E-state index in [1.54, 1.807) is 12.1 Å². The molecule has 1 aromatic rings. The molecule has 0 spiro atoms. The summed E-state index contributed by atoms with van der Waals surface area (Å²) >= 11 is 0. The monoisotopic (exact) mass is 321 g/mol. The maximum Gasteiger partial charge on any atom is 0.325 e. The van der Waals surface area contributed by atoms with Gasteiger partial charge in [0.05, 0.1) is 16.7 Å². The smallest absolute Gasteiger partial charge is 0.325 e. The van der Waals surface area contributed by atoms with Crippen LogP contribution in [-0.4, -0.2) is 36.5 Å². The fraction of sp³-hybridized carbons (Fsp3) is 0.364. The average Bonchev–Trinajstić information content (AvgIpc) is 2.26. The first-order chi connectivity index (χ1) is 9.09. The molecule has 0 aliphatic carbocycles. The van der Waals surface area contributed by atoms with E-state index in [2.05, 4.69) is 5.32 Å². The predicted octanol–water partition coefficient (Wildman–Crippen LogP) is 0.986. The molecule has 0 aliphatic heterocycles. The van der Waals surface area contributed by atoms with Gasteiger partial charge in [-0.05, 0) is 18.6 Å². The Morgan fingerprint density at radius 3 is 2.45 bits per heavy atom. The number of benzene rings is 1. The van der Waals surface area contributed by atoms with E-state index < -0.39 is 23.3 Å². The van der Waals surface area contributed by atoms with Gasteiger partial charge in [0.25, 0.3) is 0 Å². The molecule has 0 saturated carbocycles. The maximum absolute atomic E-state index is 11.6. The summed E-state index contributed by atoms with van der Waals surface area (Å²) in [7, 11) is -7.58. The molecule has 1 rings (SSSR count). The molecule has 0 aliphatic rings. The Bertz CT molecular complexity index is 636. The minimum absolute atomic E-state index is 0.00309. The zero-order valence-electron chi connectivity index (χ0n) is 10.8. The predicted molar refractivity (Wildman–Crippen MR) is 74.3 cm³/mol. The van der Waals surface area contributed by atoms with Crippen molar-refractivity contribution in [2.24, 2.45) is 0 Å². The van der Waals surface area contributed by atoms with Crippen LogP contribution in [0.4, 0.5) is 5.69 Å². The van der Waals surface area contributed by atoms with Gasteiger partial charge in [-0.2, -0.15) is 0 Å². The number of nitrogens with one attached hydrogen (secondary N) is 1. The molecule has 0 heterocycles. The molecule has 20 heavy (non-hydrogen) atoms. The van der Waals surface area contributed by atoms with Gasteiger partial charge in [-0.25, -0.2) is 8.42 Å². The van der Waals surface area contributed by atoms with Crippen molar-refractivity contribution in [3.8, 4) is 0 Å².